The number of phenols is 1. The van der Waals surface area contributed by atoms with Crippen molar-refractivity contribution in [2.45, 2.75) is 6.92 Å². The van der Waals surface area contributed by atoms with Crippen LogP contribution in [-0.2, 0) is 9.53 Å². The number of nitrogens with one attached hydrogen (secondary N) is 1. The molecule has 0 unspecified atom stereocenters. The van der Waals surface area contributed by atoms with Crippen molar-refractivity contribution in [2.24, 2.45) is 0 Å². The average Bonchev–Trinajstić information content (AvgIpc) is 3.13. The first-order valence-electron chi connectivity index (χ1n) is 8.18. The molecule has 9 heteroatoms. The summed E-state index contributed by atoms with van der Waals surface area (Å²) in [5, 5.41) is 12.5. The van der Waals surface area contributed by atoms with Crippen LogP contribution in [0.2, 0.25) is 0 Å². The van der Waals surface area contributed by atoms with Crippen LogP contribution in [0.5, 0.6) is 23.0 Å². The molecule has 0 radical (unpaired) electrons. The Bertz CT molecular complexity index is 953. The predicted molar refractivity (Wildman–Crippen MR) is 96.1 cm³/mol. The minimum Gasteiger partial charge on any atom is -0.504 e. The summed E-state index contributed by atoms with van der Waals surface area (Å²) in [6.07, 6.45) is 0. The monoisotopic (exact) mass is 387 g/mol. The smallest absolute Gasteiger partial charge is 0.342 e. The fourth-order valence-electron chi connectivity index (χ4n) is 2.58. The normalized spacial score (nSPS) is 11.6. The van der Waals surface area contributed by atoms with E-state index in [0.29, 0.717) is 11.5 Å². The molecule has 0 saturated carbocycles. The van der Waals surface area contributed by atoms with Gasteiger partial charge >= 0.3 is 5.97 Å². The van der Waals surface area contributed by atoms with Crippen LogP contribution in [-0.4, -0.2) is 43.3 Å². The van der Waals surface area contributed by atoms with Crippen LogP contribution in [0.1, 0.15) is 27.6 Å². The van der Waals surface area contributed by atoms with Gasteiger partial charge in [-0.1, -0.05) is 6.07 Å². The van der Waals surface area contributed by atoms with E-state index >= 15 is 0 Å². The molecule has 2 aromatic rings. The summed E-state index contributed by atoms with van der Waals surface area (Å²) in [7, 11) is 1.34. The molecule has 1 amide bonds. The largest absolute Gasteiger partial charge is 0.504 e. The molecule has 9 nitrogen and oxygen atoms in total. The van der Waals surface area contributed by atoms with Crippen molar-refractivity contribution in [3.05, 3.63) is 41.5 Å². The lowest BCUT2D eigenvalue weighted by Gasteiger charge is -2.11. The summed E-state index contributed by atoms with van der Waals surface area (Å²) in [6.45, 7) is 0.742. The van der Waals surface area contributed by atoms with Gasteiger partial charge in [0, 0.05) is 11.6 Å². The van der Waals surface area contributed by atoms with E-state index in [9.17, 15) is 19.5 Å². The highest BCUT2D eigenvalue weighted by Crippen LogP contribution is 2.37. The number of phenolic OH excluding ortho intramolecular Hbond substituents is 1. The molecule has 0 aromatic heterocycles. The van der Waals surface area contributed by atoms with Crippen molar-refractivity contribution in [2.75, 3.05) is 25.8 Å². The number of hydrogen-bond acceptors (Lipinski definition) is 8. The number of esters is 1. The maximum Gasteiger partial charge on any atom is 0.342 e. The standard InChI is InChI=1S/C19H17NO8/c1-10(21)12-6-15-16(28-9-27-15)7-13(12)20-17(22)8-26-19(24)11-4-3-5-14(25-2)18(11)23/h3-7,23H,8-9H2,1-2H3,(H,20,22). The molecule has 3 rings (SSSR count). The molecule has 0 fully saturated rings. The second-order valence-electron chi connectivity index (χ2n) is 5.79. The van der Waals surface area contributed by atoms with E-state index in [-0.39, 0.29) is 40.9 Å². The maximum absolute atomic E-state index is 12.2. The van der Waals surface area contributed by atoms with Gasteiger partial charge in [-0.25, -0.2) is 4.79 Å². The van der Waals surface area contributed by atoms with Crippen molar-refractivity contribution in [3.63, 3.8) is 0 Å². The van der Waals surface area contributed by atoms with Crippen LogP contribution in [0.15, 0.2) is 30.3 Å². The Labute approximate surface area is 159 Å². The van der Waals surface area contributed by atoms with E-state index in [2.05, 4.69) is 5.32 Å². The number of para-hydroxylation sites is 1. The van der Waals surface area contributed by atoms with Crippen LogP contribution < -0.4 is 19.5 Å². The van der Waals surface area contributed by atoms with Gasteiger partial charge in [-0.2, -0.15) is 0 Å². The Morgan fingerprint density at radius 1 is 1.14 bits per heavy atom. The van der Waals surface area contributed by atoms with Crippen LogP contribution >= 0.6 is 0 Å². The lowest BCUT2D eigenvalue weighted by Crippen LogP contribution is -2.22. The Kier molecular flexibility index (Phi) is 5.35. The predicted octanol–water partition coefficient (Wildman–Crippen LogP) is 2.13. The Morgan fingerprint density at radius 3 is 2.54 bits per heavy atom. The van der Waals surface area contributed by atoms with Crippen molar-refractivity contribution in [3.8, 4) is 23.0 Å². The Morgan fingerprint density at radius 2 is 1.86 bits per heavy atom. The van der Waals surface area contributed by atoms with Crippen molar-refractivity contribution in [1.29, 1.82) is 0 Å². The van der Waals surface area contributed by atoms with Crippen LogP contribution in [0.25, 0.3) is 0 Å². The summed E-state index contributed by atoms with van der Waals surface area (Å²) in [5.41, 5.74) is 0.302. The number of hydrogen-bond donors (Lipinski definition) is 2. The number of Topliss-reactive ketones (excluding diaryl/α,β-unsaturated/α-hetero) is 1. The van der Waals surface area contributed by atoms with E-state index in [1.54, 1.807) is 0 Å². The second-order valence-corrected chi connectivity index (χ2v) is 5.79. The number of amides is 1. The fourth-order valence-corrected chi connectivity index (χ4v) is 2.58. The summed E-state index contributed by atoms with van der Waals surface area (Å²) >= 11 is 0. The lowest BCUT2D eigenvalue weighted by molar-refractivity contribution is -0.119. The third-order valence-electron chi connectivity index (χ3n) is 3.94. The van der Waals surface area contributed by atoms with Gasteiger partial charge in [0.1, 0.15) is 5.56 Å². The van der Waals surface area contributed by atoms with Gasteiger partial charge in [0.15, 0.2) is 35.4 Å². The molecular weight excluding hydrogens is 370 g/mol. The first-order chi connectivity index (χ1) is 13.4. The number of ether oxygens (including phenoxy) is 4. The summed E-state index contributed by atoms with van der Waals surface area (Å²) < 4.78 is 20.3. The number of benzene rings is 2. The number of methoxy groups -OCH3 is 1. The zero-order valence-electron chi connectivity index (χ0n) is 15.1. The van der Waals surface area contributed by atoms with Gasteiger partial charge in [-0.3, -0.25) is 9.59 Å². The van der Waals surface area contributed by atoms with Crippen LogP contribution in [0.4, 0.5) is 5.69 Å². The van der Waals surface area contributed by atoms with Gasteiger partial charge in [0.25, 0.3) is 5.91 Å². The number of ketones is 1. The molecule has 2 aromatic carbocycles. The fraction of sp³-hybridized carbons (Fsp3) is 0.211. The van der Waals surface area contributed by atoms with E-state index < -0.39 is 18.5 Å². The zero-order valence-corrected chi connectivity index (χ0v) is 15.1. The molecular formula is C19H17NO8. The molecule has 146 valence electrons. The first kappa shape index (κ1) is 19.0. The summed E-state index contributed by atoms with van der Waals surface area (Å²) in [5.74, 6) is -1.34. The molecule has 28 heavy (non-hydrogen) atoms. The Hall–Kier alpha value is -3.75. The number of anilines is 1. The third kappa shape index (κ3) is 3.83. The minimum absolute atomic E-state index is 0.0196. The highest BCUT2D eigenvalue weighted by molar-refractivity contribution is 6.05. The number of carbonyl (C=O) groups excluding carboxylic acids is 3. The number of rotatable bonds is 6. The highest BCUT2D eigenvalue weighted by Gasteiger charge is 2.21. The average molecular weight is 387 g/mol. The summed E-state index contributed by atoms with van der Waals surface area (Å²) in [4.78, 5) is 36.1. The molecule has 1 aliphatic rings. The summed E-state index contributed by atoms with van der Waals surface area (Å²) in [6, 6.07) is 7.25. The number of aromatic hydroxyl groups is 1. The van der Waals surface area contributed by atoms with Gasteiger partial charge in [-0.05, 0) is 25.1 Å². The molecule has 2 N–H and O–H groups in total. The van der Waals surface area contributed by atoms with Crippen molar-refractivity contribution >= 4 is 23.3 Å². The molecule has 0 spiro atoms. The van der Waals surface area contributed by atoms with Crippen LogP contribution in [0, 0.1) is 0 Å². The van der Waals surface area contributed by atoms with Gasteiger partial charge < -0.3 is 29.4 Å². The van der Waals surface area contributed by atoms with E-state index in [1.807, 2.05) is 0 Å². The van der Waals surface area contributed by atoms with Crippen molar-refractivity contribution in [1.82, 2.24) is 0 Å². The van der Waals surface area contributed by atoms with Crippen LogP contribution in [0.3, 0.4) is 0 Å². The SMILES string of the molecule is COc1cccc(C(=O)OCC(=O)Nc2cc3c(cc2C(C)=O)OCO3)c1O. The maximum atomic E-state index is 12.2. The molecule has 0 saturated heterocycles. The molecule has 1 aliphatic heterocycles. The van der Waals surface area contributed by atoms with Crippen molar-refractivity contribution < 1.29 is 38.4 Å². The number of fused-ring (bicyclic) bond motifs is 1. The quantitative estimate of drug-likeness (QED) is 0.571. The van der Waals surface area contributed by atoms with Gasteiger partial charge in [-0.15, -0.1) is 0 Å². The van der Waals surface area contributed by atoms with E-state index in [4.69, 9.17) is 18.9 Å². The zero-order chi connectivity index (χ0) is 20.3. The van der Waals surface area contributed by atoms with Gasteiger partial charge in [0.05, 0.1) is 12.8 Å². The van der Waals surface area contributed by atoms with E-state index in [0.717, 1.165) is 0 Å². The third-order valence-corrected chi connectivity index (χ3v) is 3.94. The second kappa shape index (κ2) is 7.87. The number of carbonyl (C=O) groups is 3. The molecule has 0 atom stereocenters. The lowest BCUT2D eigenvalue weighted by atomic mass is 10.1. The van der Waals surface area contributed by atoms with E-state index in [1.165, 1.54) is 44.4 Å². The first-order valence-corrected chi connectivity index (χ1v) is 8.18. The minimum atomic E-state index is -0.899. The Balaban J connectivity index is 1.68. The molecule has 0 aliphatic carbocycles. The van der Waals surface area contributed by atoms with Gasteiger partial charge in [0.2, 0.25) is 6.79 Å². The molecule has 0 bridgehead atoms. The molecule has 1 heterocycles. The highest BCUT2D eigenvalue weighted by atomic mass is 16.7. The topological polar surface area (TPSA) is 120 Å².